The first kappa shape index (κ1) is 13.5. The molecule has 0 aliphatic rings. The third-order valence-corrected chi connectivity index (χ3v) is 3.01. The second kappa shape index (κ2) is 5.84. The number of aromatic carboxylic acids is 1. The number of benzene rings is 2. The molecule has 19 heavy (non-hydrogen) atoms. The van der Waals surface area contributed by atoms with Crippen LogP contribution in [0.5, 0.6) is 5.75 Å². The van der Waals surface area contributed by atoms with E-state index in [-0.39, 0.29) is 17.9 Å². The quantitative estimate of drug-likeness (QED) is 0.928. The Morgan fingerprint density at radius 3 is 2.53 bits per heavy atom. The summed E-state index contributed by atoms with van der Waals surface area (Å²) in [6, 6.07) is 10.9. The molecule has 0 heterocycles. The van der Waals surface area contributed by atoms with Crippen LogP contribution in [0.25, 0.3) is 0 Å². The average molecular weight is 325 g/mol. The fourth-order valence-corrected chi connectivity index (χ4v) is 1.80. The summed E-state index contributed by atoms with van der Waals surface area (Å²) in [5, 5.41) is 8.97. The van der Waals surface area contributed by atoms with Crippen LogP contribution in [0.2, 0.25) is 0 Å². The second-order valence-corrected chi connectivity index (χ2v) is 4.78. The molecular weight excluding hydrogens is 315 g/mol. The van der Waals surface area contributed by atoms with Gasteiger partial charge in [0.25, 0.3) is 0 Å². The molecule has 3 nitrogen and oxygen atoms in total. The Morgan fingerprint density at radius 2 is 1.89 bits per heavy atom. The molecule has 98 valence electrons. The summed E-state index contributed by atoms with van der Waals surface area (Å²) in [6.45, 7) is 0.221. The lowest BCUT2D eigenvalue weighted by atomic mass is 10.2. The molecule has 0 amide bonds. The predicted molar refractivity (Wildman–Crippen MR) is 71.8 cm³/mol. The summed E-state index contributed by atoms with van der Waals surface area (Å²) in [7, 11) is 0. The van der Waals surface area contributed by atoms with Crippen molar-refractivity contribution in [1.29, 1.82) is 0 Å². The third-order valence-electron chi connectivity index (χ3n) is 2.48. The van der Waals surface area contributed by atoms with Crippen LogP contribution in [0.15, 0.2) is 46.9 Å². The maximum atomic E-state index is 13.0. The van der Waals surface area contributed by atoms with E-state index in [0.29, 0.717) is 0 Å². The molecule has 0 saturated heterocycles. The summed E-state index contributed by atoms with van der Waals surface area (Å²) in [5.74, 6) is -1.67. The number of rotatable bonds is 4. The molecule has 5 heteroatoms. The van der Waals surface area contributed by atoms with E-state index in [2.05, 4.69) is 15.9 Å². The van der Waals surface area contributed by atoms with Gasteiger partial charge in [0.15, 0.2) is 0 Å². The fraction of sp³-hybridized carbons (Fsp3) is 0.0714. The molecule has 2 aromatic rings. The number of ether oxygens (including phenoxy) is 1. The molecule has 0 atom stereocenters. The fourth-order valence-electron chi connectivity index (χ4n) is 1.54. The highest BCUT2D eigenvalue weighted by Crippen LogP contribution is 2.21. The van der Waals surface area contributed by atoms with E-state index in [1.165, 1.54) is 12.1 Å². The van der Waals surface area contributed by atoms with Crippen LogP contribution in [0.4, 0.5) is 4.39 Å². The van der Waals surface area contributed by atoms with Crippen molar-refractivity contribution >= 4 is 21.9 Å². The SMILES string of the molecule is O=C(O)c1cc(F)ccc1OCc1ccc(Br)cc1. The van der Waals surface area contributed by atoms with Crippen LogP contribution in [-0.4, -0.2) is 11.1 Å². The Hall–Kier alpha value is -1.88. The van der Waals surface area contributed by atoms with Gasteiger partial charge in [0.05, 0.1) is 0 Å². The van der Waals surface area contributed by atoms with Crippen LogP contribution in [0.3, 0.4) is 0 Å². The van der Waals surface area contributed by atoms with Crippen molar-refractivity contribution in [3.05, 3.63) is 63.9 Å². The van der Waals surface area contributed by atoms with E-state index in [4.69, 9.17) is 9.84 Å². The number of carboxylic acids is 1. The molecule has 0 bridgehead atoms. The Bertz CT molecular complexity index is 596. The van der Waals surface area contributed by atoms with Gasteiger partial charge in [-0.05, 0) is 35.9 Å². The largest absolute Gasteiger partial charge is 0.488 e. The monoisotopic (exact) mass is 324 g/mol. The van der Waals surface area contributed by atoms with Crippen molar-refractivity contribution in [2.45, 2.75) is 6.61 Å². The van der Waals surface area contributed by atoms with Gasteiger partial charge in [0.1, 0.15) is 23.7 Å². The van der Waals surface area contributed by atoms with E-state index in [1.54, 1.807) is 0 Å². The summed E-state index contributed by atoms with van der Waals surface area (Å²) in [4.78, 5) is 11.0. The molecule has 0 spiro atoms. The summed E-state index contributed by atoms with van der Waals surface area (Å²) < 4.78 is 19.4. The summed E-state index contributed by atoms with van der Waals surface area (Å²) in [5.41, 5.74) is 0.709. The number of halogens is 2. The molecule has 1 N–H and O–H groups in total. The van der Waals surface area contributed by atoms with Crippen molar-refractivity contribution in [3.8, 4) is 5.75 Å². The van der Waals surface area contributed by atoms with Gasteiger partial charge in [-0.2, -0.15) is 0 Å². The molecule has 0 radical (unpaired) electrons. The summed E-state index contributed by atoms with van der Waals surface area (Å²) in [6.07, 6.45) is 0. The van der Waals surface area contributed by atoms with E-state index >= 15 is 0 Å². The molecule has 0 fully saturated rings. The predicted octanol–water partition coefficient (Wildman–Crippen LogP) is 3.87. The third kappa shape index (κ3) is 3.54. The number of carbonyl (C=O) groups is 1. The lowest BCUT2D eigenvalue weighted by molar-refractivity contribution is 0.0691. The molecule has 0 aromatic heterocycles. The first-order valence-electron chi connectivity index (χ1n) is 5.46. The van der Waals surface area contributed by atoms with Crippen molar-refractivity contribution in [2.75, 3.05) is 0 Å². The maximum Gasteiger partial charge on any atom is 0.339 e. The molecule has 0 saturated carbocycles. The number of hydrogen-bond acceptors (Lipinski definition) is 2. The highest BCUT2D eigenvalue weighted by atomic mass is 79.9. The number of carboxylic acid groups (broad SMARTS) is 1. The molecule has 0 aliphatic carbocycles. The number of hydrogen-bond donors (Lipinski definition) is 1. The van der Waals surface area contributed by atoms with Gasteiger partial charge in [-0.1, -0.05) is 28.1 Å². The first-order valence-corrected chi connectivity index (χ1v) is 6.25. The highest BCUT2D eigenvalue weighted by molar-refractivity contribution is 9.10. The van der Waals surface area contributed by atoms with Crippen molar-refractivity contribution < 1.29 is 19.0 Å². The minimum absolute atomic E-state index is 0.150. The second-order valence-electron chi connectivity index (χ2n) is 3.86. The zero-order chi connectivity index (χ0) is 13.8. The van der Waals surface area contributed by atoms with Crippen LogP contribution in [0.1, 0.15) is 15.9 Å². The van der Waals surface area contributed by atoms with E-state index in [1.807, 2.05) is 24.3 Å². The van der Waals surface area contributed by atoms with Gasteiger partial charge >= 0.3 is 5.97 Å². The van der Waals surface area contributed by atoms with E-state index in [0.717, 1.165) is 16.1 Å². The molecule has 2 rings (SSSR count). The van der Waals surface area contributed by atoms with Gasteiger partial charge in [-0.3, -0.25) is 0 Å². The Labute approximate surface area is 117 Å². The van der Waals surface area contributed by atoms with Gasteiger partial charge in [-0.25, -0.2) is 9.18 Å². The van der Waals surface area contributed by atoms with E-state index in [9.17, 15) is 9.18 Å². The van der Waals surface area contributed by atoms with Gasteiger partial charge in [0, 0.05) is 4.47 Å². The smallest absolute Gasteiger partial charge is 0.339 e. The molecule has 0 aliphatic heterocycles. The topological polar surface area (TPSA) is 46.5 Å². The Balaban J connectivity index is 2.15. The normalized spacial score (nSPS) is 10.2. The van der Waals surface area contributed by atoms with Crippen LogP contribution >= 0.6 is 15.9 Å². The minimum atomic E-state index is -1.22. The van der Waals surface area contributed by atoms with Crippen LogP contribution in [-0.2, 0) is 6.61 Å². The van der Waals surface area contributed by atoms with Gasteiger partial charge in [0.2, 0.25) is 0 Å². The van der Waals surface area contributed by atoms with E-state index < -0.39 is 11.8 Å². The maximum absolute atomic E-state index is 13.0. The molecular formula is C14H10BrFO3. The zero-order valence-corrected chi connectivity index (χ0v) is 11.4. The van der Waals surface area contributed by atoms with Crippen molar-refractivity contribution in [1.82, 2.24) is 0 Å². The van der Waals surface area contributed by atoms with Crippen LogP contribution < -0.4 is 4.74 Å². The molecule has 0 unspecified atom stereocenters. The van der Waals surface area contributed by atoms with Crippen molar-refractivity contribution in [2.24, 2.45) is 0 Å². The Morgan fingerprint density at radius 1 is 1.21 bits per heavy atom. The van der Waals surface area contributed by atoms with Crippen molar-refractivity contribution in [3.63, 3.8) is 0 Å². The lowest BCUT2D eigenvalue weighted by Crippen LogP contribution is -2.04. The average Bonchev–Trinajstić information content (AvgIpc) is 2.39. The lowest BCUT2D eigenvalue weighted by Gasteiger charge is -2.09. The Kier molecular flexibility index (Phi) is 4.16. The summed E-state index contributed by atoms with van der Waals surface area (Å²) >= 11 is 3.32. The first-order chi connectivity index (χ1) is 9.06. The van der Waals surface area contributed by atoms with Gasteiger partial charge < -0.3 is 9.84 Å². The standard InChI is InChI=1S/C14H10BrFO3/c15-10-3-1-9(2-4-10)8-19-13-6-5-11(16)7-12(13)14(17)18/h1-7H,8H2,(H,17,18). The van der Waals surface area contributed by atoms with Gasteiger partial charge in [-0.15, -0.1) is 0 Å². The molecule has 2 aromatic carbocycles. The highest BCUT2D eigenvalue weighted by Gasteiger charge is 2.12. The minimum Gasteiger partial charge on any atom is -0.488 e. The van der Waals surface area contributed by atoms with Crippen LogP contribution in [0, 0.1) is 5.82 Å². The zero-order valence-electron chi connectivity index (χ0n) is 9.77.